The summed E-state index contributed by atoms with van der Waals surface area (Å²) in [5, 5.41) is 3.45. The lowest BCUT2D eigenvalue weighted by atomic mass is 9.75. The van der Waals surface area contributed by atoms with Gasteiger partial charge in [0.15, 0.2) is 0 Å². The predicted octanol–water partition coefficient (Wildman–Crippen LogP) is 1.71. The standard InChI is InChI=1S/C16H31N3O/c1-4-8-16(9-5-10-17-13-16)15(20)19-11-6-14(7-12-19)18(2)3/h14,17H,4-13H2,1-3H3. The second-order valence-corrected chi connectivity index (χ2v) is 6.80. The summed E-state index contributed by atoms with van der Waals surface area (Å²) in [7, 11) is 4.29. The Balaban J connectivity index is 1.98. The van der Waals surface area contributed by atoms with E-state index in [0.29, 0.717) is 11.9 Å². The van der Waals surface area contributed by atoms with Gasteiger partial charge in [-0.25, -0.2) is 0 Å². The van der Waals surface area contributed by atoms with E-state index in [-0.39, 0.29) is 5.41 Å². The molecule has 1 unspecified atom stereocenters. The number of carbonyl (C=O) groups excluding carboxylic acids is 1. The van der Waals surface area contributed by atoms with Crippen molar-refractivity contribution in [3.63, 3.8) is 0 Å². The van der Waals surface area contributed by atoms with Gasteiger partial charge in [-0.05, 0) is 52.7 Å². The molecule has 2 fully saturated rings. The monoisotopic (exact) mass is 281 g/mol. The Labute approximate surface area is 123 Å². The molecule has 0 bridgehead atoms. The molecule has 0 spiro atoms. The van der Waals surface area contributed by atoms with Gasteiger partial charge in [0.1, 0.15) is 0 Å². The molecule has 0 saturated carbocycles. The summed E-state index contributed by atoms with van der Waals surface area (Å²) in [6.07, 6.45) is 6.58. The zero-order chi connectivity index (χ0) is 14.6. The van der Waals surface area contributed by atoms with Crippen molar-refractivity contribution in [1.82, 2.24) is 15.1 Å². The van der Waals surface area contributed by atoms with Gasteiger partial charge in [0.2, 0.25) is 5.91 Å². The molecule has 1 N–H and O–H groups in total. The van der Waals surface area contributed by atoms with Crippen LogP contribution in [0.25, 0.3) is 0 Å². The molecule has 1 atom stereocenters. The third-order valence-electron chi connectivity index (χ3n) is 5.14. The lowest BCUT2D eigenvalue weighted by Crippen LogP contribution is -2.54. The summed E-state index contributed by atoms with van der Waals surface area (Å²) in [5.41, 5.74) is -0.113. The Morgan fingerprint density at radius 3 is 2.55 bits per heavy atom. The molecule has 1 amide bonds. The highest BCUT2D eigenvalue weighted by Gasteiger charge is 2.42. The van der Waals surface area contributed by atoms with Gasteiger partial charge >= 0.3 is 0 Å². The highest BCUT2D eigenvalue weighted by Crippen LogP contribution is 2.34. The summed E-state index contributed by atoms with van der Waals surface area (Å²) < 4.78 is 0. The molecule has 0 radical (unpaired) electrons. The summed E-state index contributed by atoms with van der Waals surface area (Å²) >= 11 is 0. The fourth-order valence-electron chi connectivity index (χ4n) is 3.87. The maximum Gasteiger partial charge on any atom is 0.230 e. The van der Waals surface area contributed by atoms with Crippen molar-refractivity contribution in [2.75, 3.05) is 40.3 Å². The molecule has 0 aromatic rings. The highest BCUT2D eigenvalue weighted by molar-refractivity contribution is 5.83. The van der Waals surface area contributed by atoms with Crippen LogP contribution in [0.1, 0.15) is 45.4 Å². The van der Waals surface area contributed by atoms with Crippen molar-refractivity contribution in [2.45, 2.75) is 51.5 Å². The van der Waals surface area contributed by atoms with E-state index in [0.717, 1.165) is 64.7 Å². The number of rotatable bonds is 4. The van der Waals surface area contributed by atoms with E-state index in [9.17, 15) is 4.79 Å². The van der Waals surface area contributed by atoms with Gasteiger partial charge in [0.05, 0.1) is 5.41 Å². The first-order valence-electron chi connectivity index (χ1n) is 8.25. The number of likely N-dealkylation sites (tertiary alicyclic amines) is 1. The molecule has 2 saturated heterocycles. The Morgan fingerprint density at radius 1 is 1.35 bits per heavy atom. The average molecular weight is 281 g/mol. The number of hydrogen-bond acceptors (Lipinski definition) is 3. The molecule has 2 rings (SSSR count). The molecule has 0 aliphatic carbocycles. The highest BCUT2D eigenvalue weighted by atomic mass is 16.2. The summed E-state index contributed by atoms with van der Waals surface area (Å²) in [6.45, 7) is 6.02. The van der Waals surface area contributed by atoms with Crippen LogP contribution < -0.4 is 5.32 Å². The van der Waals surface area contributed by atoms with Crippen LogP contribution in [0.5, 0.6) is 0 Å². The molecule has 20 heavy (non-hydrogen) atoms. The minimum absolute atomic E-state index is 0.113. The van der Waals surface area contributed by atoms with Crippen molar-refractivity contribution < 1.29 is 4.79 Å². The van der Waals surface area contributed by atoms with Crippen molar-refractivity contribution in [3.05, 3.63) is 0 Å². The predicted molar refractivity (Wildman–Crippen MR) is 82.7 cm³/mol. The van der Waals surface area contributed by atoms with Gasteiger partial charge in [-0.15, -0.1) is 0 Å². The molecule has 2 heterocycles. The minimum atomic E-state index is -0.113. The number of hydrogen-bond donors (Lipinski definition) is 1. The molecular weight excluding hydrogens is 250 g/mol. The first kappa shape index (κ1) is 15.8. The zero-order valence-corrected chi connectivity index (χ0v) is 13.5. The second kappa shape index (κ2) is 6.90. The molecule has 0 aromatic heterocycles. The Hall–Kier alpha value is -0.610. The molecule has 4 heteroatoms. The molecule has 2 aliphatic rings. The van der Waals surface area contributed by atoms with Crippen LogP contribution in [-0.2, 0) is 4.79 Å². The number of carbonyl (C=O) groups is 1. The number of piperidine rings is 2. The normalized spacial score (nSPS) is 28.9. The van der Waals surface area contributed by atoms with Crippen molar-refractivity contribution in [1.29, 1.82) is 0 Å². The van der Waals surface area contributed by atoms with Crippen LogP contribution in [0.15, 0.2) is 0 Å². The largest absolute Gasteiger partial charge is 0.342 e. The first-order valence-corrected chi connectivity index (χ1v) is 8.25. The molecule has 2 aliphatic heterocycles. The maximum absolute atomic E-state index is 13.0. The zero-order valence-electron chi connectivity index (χ0n) is 13.5. The van der Waals surface area contributed by atoms with Crippen LogP contribution in [-0.4, -0.2) is 62.0 Å². The van der Waals surface area contributed by atoms with E-state index in [1.54, 1.807) is 0 Å². The van der Waals surface area contributed by atoms with Gasteiger partial charge < -0.3 is 15.1 Å². The average Bonchev–Trinajstić information content (AvgIpc) is 2.48. The van der Waals surface area contributed by atoms with Crippen molar-refractivity contribution in [2.24, 2.45) is 5.41 Å². The van der Waals surface area contributed by atoms with Gasteiger partial charge in [0.25, 0.3) is 0 Å². The van der Waals surface area contributed by atoms with Gasteiger partial charge in [0, 0.05) is 25.7 Å². The fraction of sp³-hybridized carbons (Fsp3) is 0.938. The van der Waals surface area contributed by atoms with Gasteiger partial charge in [-0.2, -0.15) is 0 Å². The minimum Gasteiger partial charge on any atom is -0.342 e. The lowest BCUT2D eigenvalue weighted by molar-refractivity contribution is -0.145. The van der Waals surface area contributed by atoms with Crippen LogP contribution in [0.2, 0.25) is 0 Å². The van der Waals surface area contributed by atoms with E-state index in [1.165, 1.54) is 0 Å². The van der Waals surface area contributed by atoms with Gasteiger partial charge in [-0.3, -0.25) is 4.79 Å². The van der Waals surface area contributed by atoms with Gasteiger partial charge in [-0.1, -0.05) is 13.3 Å². The summed E-state index contributed by atoms with van der Waals surface area (Å²) in [6, 6.07) is 0.644. The first-order chi connectivity index (χ1) is 9.59. The smallest absolute Gasteiger partial charge is 0.230 e. The van der Waals surface area contributed by atoms with E-state index >= 15 is 0 Å². The molecule has 0 aromatic carbocycles. The van der Waals surface area contributed by atoms with Crippen molar-refractivity contribution >= 4 is 5.91 Å². The van der Waals surface area contributed by atoms with Crippen molar-refractivity contribution in [3.8, 4) is 0 Å². The van der Waals surface area contributed by atoms with Crippen LogP contribution in [0.3, 0.4) is 0 Å². The Kier molecular flexibility index (Phi) is 5.44. The Morgan fingerprint density at radius 2 is 2.05 bits per heavy atom. The summed E-state index contributed by atoms with van der Waals surface area (Å²) in [4.78, 5) is 17.5. The third-order valence-corrected chi connectivity index (χ3v) is 5.14. The third kappa shape index (κ3) is 3.34. The SMILES string of the molecule is CCCC1(C(=O)N2CCC(N(C)C)CC2)CCCNC1. The topological polar surface area (TPSA) is 35.6 Å². The second-order valence-electron chi connectivity index (χ2n) is 6.80. The van der Waals surface area contributed by atoms with Crippen LogP contribution in [0.4, 0.5) is 0 Å². The number of amides is 1. The van der Waals surface area contributed by atoms with E-state index < -0.39 is 0 Å². The number of nitrogens with zero attached hydrogens (tertiary/aromatic N) is 2. The van der Waals surface area contributed by atoms with Crippen LogP contribution >= 0.6 is 0 Å². The Bertz CT molecular complexity index is 310. The molecule has 116 valence electrons. The van der Waals surface area contributed by atoms with E-state index in [1.807, 2.05) is 0 Å². The summed E-state index contributed by atoms with van der Waals surface area (Å²) in [5.74, 6) is 0.420. The lowest BCUT2D eigenvalue weighted by Gasteiger charge is -2.43. The fourth-order valence-corrected chi connectivity index (χ4v) is 3.87. The number of nitrogens with one attached hydrogen (secondary N) is 1. The molecular formula is C16H31N3O. The van der Waals surface area contributed by atoms with Crippen LogP contribution in [0, 0.1) is 5.41 Å². The van der Waals surface area contributed by atoms with E-state index in [2.05, 4.69) is 36.1 Å². The quantitative estimate of drug-likeness (QED) is 0.852. The van der Waals surface area contributed by atoms with E-state index in [4.69, 9.17) is 0 Å². The molecule has 4 nitrogen and oxygen atoms in total. The maximum atomic E-state index is 13.0.